The quantitative estimate of drug-likeness (QED) is 0.159. The van der Waals surface area contributed by atoms with Gasteiger partial charge in [-0.05, 0) is 121 Å². The normalized spacial score (nSPS) is 17.3. The Morgan fingerprint density at radius 2 is 1.12 bits per heavy atom. The molecular weight excluding hydrogens is 601 g/mol. The van der Waals surface area contributed by atoms with E-state index in [-0.39, 0.29) is 23.1 Å². The Morgan fingerprint density at radius 3 is 1.49 bits per heavy atom. The standard InChI is InChI=1S/C26H22F6N2P.C5H5.Fe/c1-16-15-17(2)34(33-16)18(3)23-5-4-6-24(23)35(21-11-7-19(8-12-21)25(27,28)29)22-13-9-20(10-14-22)26(30,31)32;1-2-4-5-3-1;/h4-15,18H,1-3H3;1-5H;/q;;+2/t18-;;/m0../s1. The van der Waals surface area contributed by atoms with Gasteiger partial charge in [-0.2, -0.15) is 31.4 Å². The van der Waals surface area contributed by atoms with Crippen LogP contribution in [0.1, 0.15) is 35.5 Å². The zero-order valence-electron chi connectivity index (χ0n) is 22.4. The van der Waals surface area contributed by atoms with E-state index < -0.39 is 31.4 Å². The van der Waals surface area contributed by atoms with Gasteiger partial charge in [0, 0.05) is 17.3 Å². The number of benzene rings is 2. The van der Waals surface area contributed by atoms with Crippen molar-refractivity contribution in [3.8, 4) is 0 Å². The van der Waals surface area contributed by atoms with Crippen LogP contribution in [-0.2, 0) is 29.4 Å². The van der Waals surface area contributed by atoms with Gasteiger partial charge in [-0.1, -0.05) is 24.3 Å². The number of hydrogen-bond acceptors (Lipinski definition) is 1. The molecule has 0 spiro atoms. The van der Waals surface area contributed by atoms with Crippen LogP contribution in [0.15, 0.2) is 54.6 Å². The molecule has 2 fully saturated rings. The van der Waals surface area contributed by atoms with Crippen molar-refractivity contribution in [1.82, 2.24) is 9.78 Å². The molecule has 5 rings (SSSR count). The fourth-order valence-electron chi connectivity index (χ4n) is 4.50. The van der Waals surface area contributed by atoms with E-state index >= 15 is 0 Å². The van der Waals surface area contributed by atoms with Gasteiger partial charge in [-0.25, -0.2) is 0 Å². The first-order valence-electron chi connectivity index (χ1n) is 12.5. The monoisotopic (exact) mass is 628 g/mol. The molecule has 10 heteroatoms. The molecule has 214 valence electrons. The van der Waals surface area contributed by atoms with E-state index in [1.54, 1.807) is 0 Å². The Bertz CT molecular complexity index is 1170. The van der Waals surface area contributed by atoms with Gasteiger partial charge in [0.25, 0.3) is 0 Å². The maximum Gasteiger partial charge on any atom is 2.00 e. The minimum absolute atomic E-state index is 0. The zero-order valence-corrected chi connectivity index (χ0v) is 24.4. The Labute approximate surface area is 250 Å². The zero-order chi connectivity index (χ0) is 29.1. The van der Waals surface area contributed by atoms with Gasteiger partial charge in [-0.15, -0.1) is 0 Å². The van der Waals surface area contributed by atoms with Crippen LogP contribution in [0.3, 0.4) is 0 Å². The SMILES string of the molecule is Cc1cc(C)n([C@@H](C)[C]2[CH][CH][CH][C]2P(c2ccc(C(F)(F)F)cc2)c2ccc(C(F)(F)F)cc2)n1.[CH]1[CH][CH][CH][CH]1.[Fe+2]. The van der Waals surface area contributed by atoms with Crippen molar-refractivity contribution in [2.45, 2.75) is 39.2 Å². The fourth-order valence-corrected chi connectivity index (χ4v) is 7.00. The summed E-state index contributed by atoms with van der Waals surface area (Å²) in [6.45, 7) is 5.80. The van der Waals surface area contributed by atoms with E-state index in [0.717, 1.165) is 47.2 Å². The number of halogens is 6. The van der Waals surface area contributed by atoms with Crippen LogP contribution in [0, 0.1) is 76.8 Å². The van der Waals surface area contributed by atoms with E-state index in [2.05, 4.69) is 5.10 Å². The topological polar surface area (TPSA) is 17.8 Å². The molecule has 3 aromatic rings. The molecule has 10 radical (unpaired) electrons. The number of aryl methyl sites for hydroxylation is 2. The van der Waals surface area contributed by atoms with Crippen molar-refractivity contribution in [1.29, 1.82) is 0 Å². The van der Waals surface area contributed by atoms with Crippen LogP contribution < -0.4 is 10.6 Å². The number of nitrogens with zero attached hydrogens (tertiary/aromatic N) is 2. The molecule has 41 heavy (non-hydrogen) atoms. The largest absolute Gasteiger partial charge is 2.00 e. The summed E-state index contributed by atoms with van der Waals surface area (Å²) >= 11 is 0. The maximum atomic E-state index is 13.2. The fraction of sp³-hybridized carbons (Fsp3) is 0.194. The summed E-state index contributed by atoms with van der Waals surface area (Å²) in [6.07, 6.45) is 6.71. The molecule has 0 unspecified atom stereocenters. The number of hydrogen-bond donors (Lipinski definition) is 0. The Balaban J connectivity index is 0.000000696. The molecular formula is C31H27F6FeN2P+2. The van der Waals surface area contributed by atoms with Crippen LogP contribution in [0.4, 0.5) is 26.3 Å². The molecule has 2 saturated carbocycles. The van der Waals surface area contributed by atoms with Crippen molar-refractivity contribution in [3.05, 3.63) is 140 Å². The average molecular weight is 628 g/mol. The van der Waals surface area contributed by atoms with E-state index in [1.165, 1.54) is 24.3 Å². The number of aromatic nitrogens is 2. The first kappa shape index (κ1) is 33.7. The summed E-state index contributed by atoms with van der Waals surface area (Å²) in [5.74, 6) is 0.919. The third-order valence-corrected chi connectivity index (χ3v) is 8.91. The summed E-state index contributed by atoms with van der Waals surface area (Å²) < 4.78 is 80.8. The molecule has 1 heterocycles. The van der Waals surface area contributed by atoms with Crippen LogP contribution in [0.5, 0.6) is 0 Å². The van der Waals surface area contributed by atoms with Crippen molar-refractivity contribution >= 4 is 18.5 Å². The molecule has 2 aliphatic rings. The van der Waals surface area contributed by atoms with Gasteiger partial charge >= 0.3 is 29.4 Å². The third-order valence-electron chi connectivity index (χ3n) is 6.39. The molecule has 0 aliphatic heterocycles. The van der Waals surface area contributed by atoms with E-state index in [0.29, 0.717) is 10.6 Å². The number of alkyl halides is 6. The number of rotatable bonds is 5. The van der Waals surface area contributed by atoms with Crippen molar-refractivity contribution < 1.29 is 43.4 Å². The minimum Gasteiger partial charge on any atom is -0.266 e. The summed E-state index contributed by atoms with van der Waals surface area (Å²) in [5.41, 5.74) is 1.12. The molecule has 0 amide bonds. The predicted molar refractivity (Wildman–Crippen MR) is 146 cm³/mol. The first-order valence-corrected chi connectivity index (χ1v) is 13.8. The second kappa shape index (κ2) is 14.1. The molecule has 1 atom stereocenters. The third kappa shape index (κ3) is 8.39. The molecule has 1 aromatic heterocycles. The van der Waals surface area contributed by atoms with Gasteiger partial charge in [0.2, 0.25) is 0 Å². The van der Waals surface area contributed by atoms with Gasteiger partial charge < -0.3 is 0 Å². The molecule has 0 bridgehead atoms. The molecule has 2 aromatic carbocycles. The van der Waals surface area contributed by atoms with Gasteiger partial charge in [0.1, 0.15) is 0 Å². The van der Waals surface area contributed by atoms with Crippen LogP contribution in [-0.4, -0.2) is 9.78 Å². The van der Waals surface area contributed by atoms with Crippen molar-refractivity contribution in [2.75, 3.05) is 0 Å². The van der Waals surface area contributed by atoms with E-state index in [4.69, 9.17) is 0 Å². The van der Waals surface area contributed by atoms with Crippen LogP contribution in [0.2, 0.25) is 0 Å². The van der Waals surface area contributed by atoms with Crippen LogP contribution in [0.25, 0.3) is 0 Å². The molecule has 2 aliphatic carbocycles. The van der Waals surface area contributed by atoms with E-state index in [9.17, 15) is 26.3 Å². The Morgan fingerprint density at radius 1 is 0.683 bits per heavy atom. The molecule has 2 nitrogen and oxygen atoms in total. The Kier molecular flexibility index (Phi) is 11.6. The summed E-state index contributed by atoms with van der Waals surface area (Å²) in [6, 6.07) is 11.5. The van der Waals surface area contributed by atoms with Gasteiger partial charge in [-0.3, -0.25) is 4.68 Å². The summed E-state index contributed by atoms with van der Waals surface area (Å²) in [4.78, 5) is 0. The average Bonchev–Trinajstić information content (AvgIpc) is 3.67. The summed E-state index contributed by atoms with van der Waals surface area (Å²) in [7, 11) is -1.43. The van der Waals surface area contributed by atoms with Crippen LogP contribution >= 0.6 is 7.92 Å². The minimum atomic E-state index is -4.48. The second-order valence-electron chi connectivity index (χ2n) is 9.30. The van der Waals surface area contributed by atoms with Crippen molar-refractivity contribution in [3.63, 3.8) is 0 Å². The molecule has 0 N–H and O–H groups in total. The second-order valence-corrected chi connectivity index (χ2v) is 11.5. The summed E-state index contributed by atoms with van der Waals surface area (Å²) in [5, 5.41) is 5.79. The molecule has 0 saturated heterocycles. The predicted octanol–water partition coefficient (Wildman–Crippen LogP) is 7.98. The van der Waals surface area contributed by atoms with Gasteiger partial charge in [0.05, 0.1) is 22.9 Å². The smallest absolute Gasteiger partial charge is 0.266 e. The van der Waals surface area contributed by atoms with E-state index in [1.807, 2.05) is 82.9 Å². The first-order chi connectivity index (χ1) is 18.9. The van der Waals surface area contributed by atoms with Gasteiger partial charge in [0.15, 0.2) is 0 Å². The van der Waals surface area contributed by atoms with Crippen molar-refractivity contribution in [2.24, 2.45) is 0 Å². The maximum absolute atomic E-state index is 13.2. The Hall–Kier alpha value is -1.82.